The molecule has 0 radical (unpaired) electrons. The van der Waals surface area contributed by atoms with E-state index in [-0.39, 0.29) is 0 Å². The Morgan fingerprint density at radius 3 is 2.30 bits per heavy atom. The summed E-state index contributed by atoms with van der Waals surface area (Å²) in [6.45, 7) is 0. The van der Waals surface area contributed by atoms with Crippen LogP contribution in [0.4, 0.5) is 0 Å². The van der Waals surface area contributed by atoms with E-state index in [1.807, 2.05) is 36.4 Å². The molecule has 1 heterocycles. The number of aromatic amines is 1. The second kappa shape index (κ2) is 4.36. The molecule has 3 heteroatoms. The summed E-state index contributed by atoms with van der Waals surface area (Å²) in [6.07, 6.45) is 0. The maximum atomic E-state index is 5.92. The molecule has 0 fully saturated rings. The van der Waals surface area contributed by atoms with Crippen molar-refractivity contribution in [3.05, 3.63) is 65.7 Å². The standard InChI is InChI=1S/C17H11ClN2/c18-14-7-5-11(6-8-14)17-19-15-9-12-3-1-2-4-13(12)10-16(15)20-17/h1-10H,(H,19,20). The Hall–Kier alpha value is -2.32. The van der Waals surface area contributed by atoms with Gasteiger partial charge in [0, 0.05) is 10.6 Å². The van der Waals surface area contributed by atoms with Crippen LogP contribution < -0.4 is 0 Å². The third kappa shape index (κ3) is 1.86. The van der Waals surface area contributed by atoms with E-state index in [9.17, 15) is 0 Å². The highest BCUT2D eigenvalue weighted by Gasteiger charge is 2.06. The largest absolute Gasteiger partial charge is 0.338 e. The fourth-order valence-corrected chi connectivity index (χ4v) is 2.57. The van der Waals surface area contributed by atoms with E-state index in [0.717, 1.165) is 27.4 Å². The summed E-state index contributed by atoms with van der Waals surface area (Å²) < 4.78 is 0. The van der Waals surface area contributed by atoms with E-state index in [0.29, 0.717) is 0 Å². The zero-order chi connectivity index (χ0) is 13.5. The average Bonchev–Trinajstić information content (AvgIpc) is 2.88. The molecule has 0 atom stereocenters. The van der Waals surface area contributed by atoms with Gasteiger partial charge in [-0.05, 0) is 47.2 Å². The van der Waals surface area contributed by atoms with Crippen molar-refractivity contribution in [1.82, 2.24) is 9.97 Å². The summed E-state index contributed by atoms with van der Waals surface area (Å²) >= 11 is 5.92. The van der Waals surface area contributed by atoms with Crippen LogP contribution in [0, 0.1) is 0 Å². The van der Waals surface area contributed by atoms with Crippen molar-refractivity contribution >= 4 is 33.4 Å². The number of rotatable bonds is 1. The van der Waals surface area contributed by atoms with Crippen LogP contribution in [0.15, 0.2) is 60.7 Å². The van der Waals surface area contributed by atoms with E-state index in [1.165, 1.54) is 10.8 Å². The van der Waals surface area contributed by atoms with Crippen molar-refractivity contribution in [2.45, 2.75) is 0 Å². The summed E-state index contributed by atoms with van der Waals surface area (Å²) in [5, 5.41) is 3.15. The molecule has 2 nitrogen and oxygen atoms in total. The quantitative estimate of drug-likeness (QED) is 0.519. The van der Waals surface area contributed by atoms with Crippen molar-refractivity contribution < 1.29 is 0 Å². The van der Waals surface area contributed by atoms with Crippen LogP contribution in [0.1, 0.15) is 0 Å². The molecule has 4 aromatic rings. The first-order valence-corrected chi connectivity index (χ1v) is 6.82. The summed E-state index contributed by atoms with van der Waals surface area (Å²) in [4.78, 5) is 8.03. The highest BCUT2D eigenvalue weighted by molar-refractivity contribution is 6.30. The maximum absolute atomic E-state index is 5.92. The van der Waals surface area contributed by atoms with E-state index in [4.69, 9.17) is 11.6 Å². The molecule has 0 bridgehead atoms. The molecular weight excluding hydrogens is 268 g/mol. The van der Waals surface area contributed by atoms with E-state index in [1.54, 1.807) is 0 Å². The van der Waals surface area contributed by atoms with Crippen molar-refractivity contribution in [3.8, 4) is 11.4 Å². The molecule has 1 aromatic heterocycles. The molecular formula is C17H11ClN2. The summed E-state index contributed by atoms with van der Waals surface area (Å²) in [6, 6.07) is 20.2. The van der Waals surface area contributed by atoms with Gasteiger partial charge in [-0.2, -0.15) is 0 Å². The molecule has 1 N–H and O–H groups in total. The van der Waals surface area contributed by atoms with Crippen LogP contribution in [0.25, 0.3) is 33.2 Å². The van der Waals surface area contributed by atoms with Gasteiger partial charge < -0.3 is 4.98 Å². The van der Waals surface area contributed by atoms with Gasteiger partial charge in [-0.25, -0.2) is 4.98 Å². The molecule has 0 aliphatic rings. The fraction of sp³-hybridized carbons (Fsp3) is 0. The molecule has 96 valence electrons. The van der Waals surface area contributed by atoms with Crippen molar-refractivity contribution in [2.75, 3.05) is 0 Å². The van der Waals surface area contributed by atoms with Gasteiger partial charge in [-0.15, -0.1) is 0 Å². The van der Waals surface area contributed by atoms with Gasteiger partial charge in [0.15, 0.2) is 0 Å². The van der Waals surface area contributed by atoms with Crippen LogP contribution in [-0.4, -0.2) is 9.97 Å². The lowest BCUT2D eigenvalue weighted by Gasteiger charge is -1.96. The molecule has 0 aliphatic heterocycles. The SMILES string of the molecule is Clc1ccc(-c2nc3cc4ccccc4cc3[nH]2)cc1. The van der Waals surface area contributed by atoms with E-state index >= 15 is 0 Å². The lowest BCUT2D eigenvalue weighted by molar-refractivity contribution is 1.34. The zero-order valence-corrected chi connectivity index (χ0v) is 11.4. The lowest BCUT2D eigenvalue weighted by Crippen LogP contribution is -1.78. The predicted octanol–water partition coefficient (Wildman–Crippen LogP) is 5.04. The smallest absolute Gasteiger partial charge is 0.138 e. The van der Waals surface area contributed by atoms with Gasteiger partial charge in [0.1, 0.15) is 5.82 Å². The Morgan fingerprint density at radius 2 is 1.55 bits per heavy atom. The second-order valence-corrected chi connectivity index (χ2v) is 5.25. The number of imidazole rings is 1. The number of benzene rings is 3. The highest BCUT2D eigenvalue weighted by Crippen LogP contribution is 2.25. The van der Waals surface area contributed by atoms with E-state index < -0.39 is 0 Å². The van der Waals surface area contributed by atoms with Gasteiger partial charge in [0.05, 0.1) is 11.0 Å². The third-order valence-electron chi connectivity index (χ3n) is 3.47. The number of nitrogens with one attached hydrogen (secondary N) is 1. The Labute approximate surface area is 121 Å². The number of H-pyrrole nitrogens is 1. The summed E-state index contributed by atoms with van der Waals surface area (Å²) in [7, 11) is 0. The summed E-state index contributed by atoms with van der Waals surface area (Å²) in [5.74, 6) is 0.868. The number of hydrogen-bond donors (Lipinski definition) is 1. The van der Waals surface area contributed by atoms with Gasteiger partial charge in [0.2, 0.25) is 0 Å². The number of nitrogens with zero attached hydrogens (tertiary/aromatic N) is 1. The molecule has 0 unspecified atom stereocenters. The van der Waals surface area contributed by atoms with Crippen molar-refractivity contribution in [3.63, 3.8) is 0 Å². The molecule has 0 saturated heterocycles. The minimum Gasteiger partial charge on any atom is -0.338 e. The average molecular weight is 279 g/mol. The molecule has 3 aromatic carbocycles. The Kier molecular flexibility index (Phi) is 2.51. The lowest BCUT2D eigenvalue weighted by atomic mass is 10.1. The number of fused-ring (bicyclic) bond motifs is 2. The number of aromatic nitrogens is 2. The zero-order valence-electron chi connectivity index (χ0n) is 10.6. The highest BCUT2D eigenvalue weighted by atomic mass is 35.5. The molecule has 0 amide bonds. The Balaban J connectivity index is 1.93. The molecule has 4 rings (SSSR count). The monoisotopic (exact) mass is 278 g/mol. The maximum Gasteiger partial charge on any atom is 0.138 e. The van der Waals surface area contributed by atoms with Crippen LogP contribution in [0.5, 0.6) is 0 Å². The molecule has 0 spiro atoms. The topological polar surface area (TPSA) is 28.7 Å². The normalized spacial score (nSPS) is 11.2. The van der Waals surface area contributed by atoms with E-state index in [2.05, 4.69) is 34.2 Å². The molecule has 0 aliphatic carbocycles. The summed E-state index contributed by atoms with van der Waals surface area (Å²) in [5.41, 5.74) is 3.07. The fourth-order valence-electron chi connectivity index (χ4n) is 2.44. The number of hydrogen-bond acceptors (Lipinski definition) is 1. The van der Waals surface area contributed by atoms with Gasteiger partial charge in [-0.3, -0.25) is 0 Å². The van der Waals surface area contributed by atoms with Crippen molar-refractivity contribution in [2.24, 2.45) is 0 Å². The number of halogens is 1. The molecule has 0 saturated carbocycles. The predicted molar refractivity (Wildman–Crippen MR) is 84.0 cm³/mol. The first kappa shape index (κ1) is 11.5. The van der Waals surface area contributed by atoms with Gasteiger partial charge in [0.25, 0.3) is 0 Å². The van der Waals surface area contributed by atoms with Crippen LogP contribution >= 0.6 is 11.6 Å². The van der Waals surface area contributed by atoms with Crippen LogP contribution in [0.2, 0.25) is 5.02 Å². The minimum atomic E-state index is 0.732. The van der Waals surface area contributed by atoms with Crippen molar-refractivity contribution in [1.29, 1.82) is 0 Å². The Morgan fingerprint density at radius 1 is 0.850 bits per heavy atom. The minimum absolute atomic E-state index is 0.732. The Bertz CT molecular complexity index is 855. The second-order valence-electron chi connectivity index (χ2n) is 4.81. The third-order valence-corrected chi connectivity index (χ3v) is 3.72. The van der Waals surface area contributed by atoms with Gasteiger partial charge in [-0.1, -0.05) is 35.9 Å². The van der Waals surface area contributed by atoms with Crippen LogP contribution in [0.3, 0.4) is 0 Å². The van der Waals surface area contributed by atoms with Gasteiger partial charge >= 0.3 is 0 Å². The first-order chi connectivity index (χ1) is 9.79. The first-order valence-electron chi connectivity index (χ1n) is 6.44. The van der Waals surface area contributed by atoms with Crippen LogP contribution in [-0.2, 0) is 0 Å². The molecule has 20 heavy (non-hydrogen) atoms.